The van der Waals surface area contributed by atoms with Crippen LogP contribution in [0.1, 0.15) is 15.9 Å². The van der Waals surface area contributed by atoms with Gasteiger partial charge in [-0.15, -0.1) is 0 Å². The number of amides is 2. The quantitative estimate of drug-likeness (QED) is 0.346. The second-order valence-electron chi connectivity index (χ2n) is 5.72. The number of phenols is 1. The van der Waals surface area contributed by atoms with Crippen molar-refractivity contribution >= 4 is 35.5 Å². The largest absolute Gasteiger partial charge is 0.504 e. The van der Waals surface area contributed by atoms with Gasteiger partial charge in [-0.25, -0.2) is 4.79 Å². The molecule has 2 aromatic carbocycles. The first-order valence-electron chi connectivity index (χ1n) is 8.48. The van der Waals surface area contributed by atoms with Crippen LogP contribution in [0.3, 0.4) is 0 Å². The number of methoxy groups -OCH3 is 2. The first-order chi connectivity index (χ1) is 14.3. The zero-order valence-electron chi connectivity index (χ0n) is 16.1. The molecule has 9 nitrogen and oxygen atoms in total. The Hall–Kier alpha value is -3.72. The summed E-state index contributed by atoms with van der Waals surface area (Å²) >= 11 is 5.86. The van der Waals surface area contributed by atoms with Gasteiger partial charge < -0.3 is 19.3 Å². The lowest BCUT2D eigenvalue weighted by molar-refractivity contribution is -0.144. The van der Waals surface area contributed by atoms with Gasteiger partial charge in [0.05, 0.1) is 19.8 Å². The Balaban J connectivity index is 1.82. The van der Waals surface area contributed by atoms with Crippen LogP contribution in [-0.4, -0.2) is 43.7 Å². The molecule has 0 aromatic heterocycles. The van der Waals surface area contributed by atoms with E-state index in [0.29, 0.717) is 10.6 Å². The van der Waals surface area contributed by atoms with E-state index in [2.05, 4.69) is 10.9 Å². The third-order valence-corrected chi connectivity index (χ3v) is 3.92. The molecular formula is C20H19ClN2O7. The monoisotopic (exact) mass is 434 g/mol. The average Bonchev–Trinajstić information content (AvgIpc) is 2.75. The van der Waals surface area contributed by atoms with E-state index in [1.54, 1.807) is 12.1 Å². The molecule has 0 bridgehead atoms. The number of hydrogen-bond acceptors (Lipinski definition) is 7. The summed E-state index contributed by atoms with van der Waals surface area (Å²) in [6, 6.07) is 8.94. The van der Waals surface area contributed by atoms with Crippen LogP contribution in [0.25, 0.3) is 6.08 Å². The molecule has 0 radical (unpaired) electrons. The molecule has 0 atom stereocenters. The van der Waals surface area contributed by atoms with Crippen molar-refractivity contribution in [1.29, 1.82) is 0 Å². The molecule has 0 aliphatic heterocycles. The first kappa shape index (κ1) is 22.6. The van der Waals surface area contributed by atoms with Gasteiger partial charge in [0, 0.05) is 11.1 Å². The van der Waals surface area contributed by atoms with E-state index in [0.717, 1.165) is 6.08 Å². The Bertz CT molecular complexity index is 976. The van der Waals surface area contributed by atoms with E-state index in [1.165, 1.54) is 44.6 Å². The molecule has 3 N–H and O–H groups in total. The molecule has 158 valence electrons. The van der Waals surface area contributed by atoms with Gasteiger partial charge in [-0.1, -0.05) is 17.7 Å². The minimum atomic E-state index is -0.778. The number of ether oxygens (including phenoxy) is 3. The smallest absolute Gasteiger partial charge is 0.331 e. The van der Waals surface area contributed by atoms with Gasteiger partial charge in [0.25, 0.3) is 11.8 Å². The third kappa shape index (κ3) is 6.42. The van der Waals surface area contributed by atoms with E-state index in [4.69, 9.17) is 25.8 Å². The van der Waals surface area contributed by atoms with E-state index < -0.39 is 24.4 Å². The molecule has 2 amide bonds. The summed E-state index contributed by atoms with van der Waals surface area (Å²) in [7, 11) is 2.79. The van der Waals surface area contributed by atoms with Gasteiger partial charge >= 0.3 is 5.97 Å². The van der Waals surface area contributed by atoms with Crippen LogP contribution in [0.4, 0.5) is 0 Å². The van der Waals surface area contributed by atoms with Gasteiger partial charge in [-0.05, 0) is 42.0 Å². The average molecular weight is 435 g/mol. The maximum absolute atomic E-state index is 12.1. The molecule has 2 rings (SSSR count). The fourth-order valence-corrected chi connectivity index (χ4v) is 2.41. The minimum absolute atomic E-state index is 0.0358. The van der Waals surface area contributed by atoms with Crippen LogP contribution in [0.2, 0.25) is 5.02 Å². The summed E-state index contributed by atoms with van der Waals surface area (Å²) in [6.07, 6.45) is 2.53. The molecule has 0 heterocycles. The molecule has 0 spiro atoms. The summed E-state index contributed by atoms with van der Waals surface area (Å²) in [4.78, 5) is 35.6. The highest BCUT2D eigenvalue weighted by Crippen LogP contribution is 2.26. The molecule has 0 saturated carbocycles. The second kappa shape index (κ2) is 10.7. The van der Waals surface area contributed by atoms with Crippen molar-refractivity contribution in [3.8, 4) is 17.2 Å². The van der Waals surface area contributed by atoms with Crippen LogP contribution in [-0.2, 0) is 14.3 Å². The van der Waals surface area contributed by atoms with Crippen LogP contribution in [0.5, 0.6) is 17.2 Å². The zero-order valence-corrected chi connectivity index (χ0v) is 16.9. The van der Waals surface area contributed by atoms with Crippen LogP contribution < -0.4 is 20.3 Å². The summed E-state index contributed by atoms with van der Waals surface area (Å²) in [5.74, 6) is -1.70. The topological polar surface area (TPSA) is 123 Å². The summed E-state index contributed by atoms with van der Waals surface area (Å²) in [5.41, 5.74) is 4.99. The summed E-state index contributed by atoms with van der Waals surface area (Å²) in [5, 5.41) is 9.85. The van der Waals surface area contributed by atoms with Crippen molar-refractivity contribution in [3.63, 3.8) is 0 Å². The minimum Gasteiger partial charge on any atom is -0.504 e. The summed E-state index contributed by atoms with van der Waals surface area (Å²) in [6.45, 7) is -0.616. The number of phenolic OH excluding ortho intramolecular Hbond substituents is 1. The highest BCUT2D eigenvalue weighted by Gasteiger charge is 2.14. The lowest BCUT2D eigenvalue weighted by Crippen LogP contribution is -2.43. The molecule has 10 heteroatoms. The standard InChI is InChI=1S/C20H19ClN2O7/c1-28-16-7-5-13(21)10-14(16)20(27)23-22-18(25)11-30-19(26)8-4-12-3-6-15(24)17(9-12)29-2/h3-10,24H,11H2,1-2H3,(H,22,25)(H,23,27)/b8-4+. The number of carbonyl (C=O) groups is 3. The van der Waals surface area contributed by atoms with Crippen molar-refractivity contribution in [2.75, 3.05) is 20.8 Å². The van der Waals surface area contributed by atoms with Gasteiger partial charge in [0.2, 0.25) is 0 Å². The normalized spacial score (nSPS) is 10.4. The molecule has 0 fully saturated rings. The van der Waals surface area contributed by atoms with Gasteiger partial charge in [0.1, 0.15) is 5.75 Å². The van der Waals surface area contributed by atoms with E-state index >= 15 is 0 Å². The number of rotatable bonds is 7. The number of hydrogen-bond donors (Lipinski definition) is 3. The van der Waals surface area contributed by atoms with E-state index in [-0.39, 0.29) is 22.8 Å². The molecule has 0 saturated heterocycles. The number of esters is 1. The Labute approximate surface area is 177 Å². The predicted molar refractivity (Wildman–Crippen MR) is 108 cm³/mol. The maximum atomic E-state index is 12.1. The van der Waals surface area contributed by atoms with Gasteiger partial charge in [-0.3, -0.25) is 20.4 Å². The van der Waals surface area contributed by atoms with E-state index in [9.17, 15) is 19.5 Å². The fourth-order valence-electron chi connectivity index (χ4n) is 2.23. The number of hydrazine groups is 1. The Morgan fingerprint density at radius 3 is 2.47 bits per heavy atom. The van der Waals surface area contributed by atoms with Crippen molar-refractivity contribution in [2.24, 2.45) is 0 Å². The molecule has 30 heavy (non-hydrogen) atoms. The molecule has 0 unspecified atom stereocenters. The van der Waals surface area contributed by atoms with Crippen molar-refractivity contribution in [2.45, 2.75) is 0 Å². The Kier molecular flexibility index (Phi) is 8.07. The van der Waals surface area contributed by atoms with E-state index in [1.807, 2.05) is 0 Å². The van der Waals surface area contributed by atoms with Gasteiger partial charge in [0.15, 0.2) is 18.1 Å². The SMILES string of the molecule is COc1cc(/C=C/C(=O)OCC(=O)NNC(=O)c2cc(Cl)ccc2OC)ccc1O. The summed E-state index contributed by atoms with van der Waals surface area (Å²) < 4.78 is 14.8. The Morgan fingerprint density at radius 1 is 1.03 bits per heavy atom. The number of nitrogens with one attached hydrogen (secondary N) is 2. The maximum Gasteiger partial charge on any atom is 0.331 e. The molecular weight excluding hydrogens is 416 g/mol. The number of halogens is 1. The number of benzene rings is 2. The lowest BCUT2D eigenvalue weighted by atomic mass is 10.2. The van der Waals surface area contributed by atoms with Crippen molar-refractivity contribution < 1.29 is 33.7 Å². The molecule has 0 aliphatic carbocycles. The highest BCUT2D eigenvalue weighted by atomic mass is 35.5. The van der Waals surface area contributed by atoms with Crippen molar-refractivity contribution in [3.05, 3.63) is 58.6 Å². The molecule has 2 aromatic rings. The third-order valence-electron chi connectivity index (χ3n) is 3.68. The van der Waals surface area contributed by atoms with Crippen molar-refractivity contribution in [1.82, 2.24) is 10.9 Å². The fraction of sp³-hybridized carbons (Fsp3) is 0.150. The van der Waals surface area contributed by atoms with Crippen LogP contribution in [0, 0.1) is 0 Å². The zero-order chi connectivity index (χ0) is 22.1. The predicted octanol–water partition coefficient (Wildman–Crippen LogP) is 2.08. The van der Waals surface area contributed by atoms with Gasteiger partial charge in [-0.2, -0.15) is 0 Å². The lowest BCUT2D eigenvalue weighted by Gasteiger charge is -2.10. The first-order valence-corrected chi connectivity index (χ1v) is 8.86. The number of aromatic hydroxyl groups is 1. The Morgan fingerprint density at radius 2 is 1.77 bits per heavy atom. The highest BCUT2D eigenvalue weighted by molar-refractivity contribution is 6.31. The second-order valence-corrected chi connectivity index (χ2v) is 6.16. The number of carbonyl (C=O) groups excluding carboxylic acids is 3. The molecule has 0 aliphatic rings. The van der Waals surface area contributed by atoms with Crippen LogP contribution in [0.15, 0.2) is 42.5 Å². The van der Waals surface area contributed by atoms with Crippen LogP contribution >= 0.6 is 11.6 Å².